The second kappa shape index (κ2) is 34.4. The van der Waals surface area contributed by atoms with Gasteiger partial charge in [-0.1, -0.05) is 172 Å². The van der Waals surface area contributed by atoms with Crippen molar-refractivity contribution in [2.45, 2.75) is 34.6 Å². The third kappa shape index (κ3) is 18.1. The van der Waals surface area contributed by atoms with Crippen LogP contribution in [0.4, 0.5) is 38.5 Å². The Morgan fingerprint density at radius 2 is 0.730 bits per heavy atom. The molecule has 0 spiro atoms. The molecule has 1 N–H and O–H groups in total. The molecule has 0 saturated heterocycles. The second-order valence-electron chi connectivity index (χ2n) is 27.7. The summed E-state index contributed by atoms with van der Waals surface area (Å²) in [5.74, 6) is -0.223. The maximum absolute atomic E-state index is 13.0. The molecule has 0 fully saturated rings. The standard InChI is InChI=1S/C22H20N2.C21H18N2.C20H18N2O.C19H16FN.C18H17NS/c1-16-5-4-6-21(13-16)24-15-20(8-7-17(24)2)18-9-10-22-19(14-18)11-12-23(22)3;1-16-8-9-19(15-23(16)20-6-4-3-5-7-20)17-10-11-21-18(14-17)12-13-22(21)2;1-15-4-3-5-20(12-15)22-13-18(7-6-16(22)2)17-8-10-19(11-9-17)21-14-23;1-14-5-3-4-6-19(14)21-13-17(8-7-15(21)2)16-9-11-18(20)12-10-16;1-13-5-4-6-17(11-13)19-12-16(8-7-15(19)3)18-14(2)9-10-20-18/h4-15H,2H2,1,3H3;3-15H,1H2,2H3;3-14H,2H2,1H3,(H,21,23);3-13H,2H2,1H3;4-12H,3H2,1-2H3. The van der Waals surface area contributed by atoms with Crippen molar-refractivity contribution in [1.29, 1.82) is 0 Å². The van der Waals surface area contributed by atoms with Crippen molar-refractivity contribution < 1.29 is 9.18 Å². The minimum Gasteiger partial charge on any atom is -0.351 e. The average molecular weight is 1470 g/mol. The number of aromatic nitrogens is 2. The third-order valence-electron chi connectivity index (χ3n) is 19.6. The molecule has 0 aliphatic carbocycles. The highest BCUT2D eigenvalue weighted by Gasteiger charge is 2.20. The number of para-hydroxylation sites is 2. The molecule has 5 aliphatic rings. The molecule has 0 saturated carbocycles. The monoisotopic (exact) mass is 1470 g/mol. The Balaban J connectivity index is 0.000000122. The van der Waals surface area contributed by atoms with Gasteiger partial charge in [-0.05, 0) is 264 Å². The van der Waals surface area contributed by atoms with E-state index in [2.05, 4.69) is 351 Å². The topological polar surface area (TPSA) is 55.2 Å². The summed E-state index contributed by atoms with van der Waals surface area (Å²) in [4.78, 5) is 22.4. The van der Waals surface area contributed by atoms with Crippen molar-refractivity contribution in [2.24, 2.45) is 14.1 Å². The molecule has 3 aromatic heterocycles. The van der Waals surface area contributed by atoms with E-state index in [0.717, 1.165) is 84.9 Å². The van der Waals surface area contributed by atoms with Gasteiger partial charge in [0.25, 0.3) is 0 Å². The summed E-state index contributed by atoms with van der Waals surface area (Å²) in [6, 6.07) is 77.8. The molecule has 111 heavy (non-hydrogen) atoms. The van der Waals surface area contributed by atoms with Gasteiger partial charge in [-0.25, -0.2) is 4.39 Å². The number of nitrogens with one attached hydrogen (secondary N) is 1. The first-order valence-corrected chi connectivity index (χ1v) is 37.6. The number of allylic oxidation sites excluding steroid dienone is 15. The van der Waals surface area contributed by atoms with E-state index in [0.29, 0.717) is 6.41 Å². The lowest BCUT2D eigenvalue weighted by Crippen LogP contribution is -2.17. The fourth-order valence-corrected chi connectivity index (χ4v) is 14.4. The summed E-state index contributed by atoms with van der Waals surface area (Å²) < 4.78 is 17.3. The molecule has 548 valence electrons. The molecule has 1 amide bonds. The molecular weight excluding hydrogens is 1380 g/mol. The first-order valence-electron chi connectivity index (χ1n) is 36.7. The minimum atomic E-state index is -0.223. The van der Waals surface area contributed by atoms with Gasteiger partial charge in [-0.3, -0.25) is 4.79 Å². The fraction of sp³-hybridized carbons (Fsp3) is 0.0700. The maximum atomic E-state index is 13.0. The normalized spacial score (nSPS) is 14.3. The van der Waals surface area contributed by atoms with Gasteiger partial charge in [-0.15, -0.1) is 11.3 Å². The van der Waals surface area contributed by atoms with Crippen LogP contribution in [0.25, 0.3) is 49.7 Å². The summed E-state index contributed by atoms with van der Waals surface area (Å²) in [5, 5.41) is 7.30. The molecule has 9 nitrogen and oxygen atoms in total. The van der Waals surface area contributed by atoms with Crippen LogP contribution in [-0.2, 0) is 18.9 Å². The molecule has 11 heteroatoms. The molecule has 8 heterocycles. The van der Waals surface area contributed by atoms with Crippen LogP contribution in [0.5, 0.6) is 0 Å². The first kappa shape index (κ1) is 75.5. The van der Waals surface area contributed by atoms with Crippen LogP contribution in [-0.4, -0.2) is 15.5 Å². The SMILES string of the molecule is C=C1C=CC(c2ccc(F)cc2)=CN1c1ccccc1C.C=C1C=CC(c2ccc(NC=O)cc2)=CN1c1cccc(C)c1.C=C1C=CC(c2ccc3c(ccn3C)c2)=CN1c1cccc(C)c1.C=C1C=CC(c2ccc3c(ccn3C)c2)=CN1c1ccccc1.C=C1C=CC(c2sccc2C)=CN1c1cccc(C)c1. The van der Waals surface area contributed by atoms with Gasteiger partial charge in [0, 0.05) is 152 Å². The highest BCUT2D eigenvalue weighted by Crippen LogP contribution is 2.37. The molecule has 0 radical (unpaired) electrons. The molecule has 17 rings (SSSR count). The Hall–Kier alpha value is -13.7. The Labute approximate surface area is 656 Å². The van der Waals surface area contributed by atoms with Crippen LogP contribution in [0.1, 0.15) is 54.9 Å². The zero-order valence-corrected chi connectivity index (χ0v) is 64.6. The van der Waals surface area contributed by atoms with Gasteiger partial charge in [-0.2, -0.15) is 0 Å². The quantitative estimate of drug-likeness (QED) is 0.123. The van der Waals surface area contributed by atoms with E-state index in [1.807, 2.05) is 85.1 Å². The number of benzene rings is 9. The second-order valence-corrected chi connectivity index (χ2v) is 28.6. The number of hydrogen-bond acceptors (Lipinski definition) is 7. The highest BCUT2D eigenvalue weighted by molar-refractivity contribution is 7.11. The summed E-state index contributed by atoms with van der Waals surface area (Å²) >= 11 is 1.78. The number of amides is 1. The number of aryl methyl sites for hydroxylation is 7. The smallest absolute Gasteiger partial charge is 0.211 e. The van der Waals surface area contributed by atoms with Crippen LogP contribution in [0.2, 0.25) is 0 Å². The Morgan fingerprint density at radius 3 is 1.16 bits per heavy atom. The number of anilines is 6. The number of carbonyl (C=O) groups excluding carboxylic acids is 1. The van der Waals surface area contributed by atoms with E-state index in [-0.39, 0.29) is 5.82 Å². The number of carbonyl (C=O) groups is 1. The van der Waals surface area contributed by atoms with Gasteiger partial charge in [0.1, 0.15) is 5.82 Å². The van der Waals surface area contributed by atoms with Crippen molar-refractivity contribution in [1.82, 2.24) is 9.13 Å². The Kier molecular flexibility index (Phi) is 23.4. The van der Waals surface area contributed by atoms with E-state index in [1.165, 1.54) is 94.5 Å². The zero-order chi connectivity index (χ0) is 77.7. The summed E-state index contributed by atoms with van der Waals surface area (Å²) in [6.45, 7) is 31.2. The van der Waals surface area contributed by atoms with Crippen molar-refractivity contribution in [3.05, 3.63) is 462 Å². The third-order valence-corrected chi connectivity index (χ3v) is 20.7. The van der Waals surface area contributed by atoms with E-state index in [9.17, 15) is 9.18 Å². The molecule has 0 atom stereocenters. The van der Waals surface area contributed by atoms with Gasteiger partial charge in [0.15, 0.2) is 0 Å². The predicted molar refractivity (Wildman–Crippen MR) is 472 cm³/mol. The van der Waals surface area contributed by atoms with Crippen molar-refractivity contribution in [2.75, 3.05) is 29.8 Å². The van der Waals surface area contributed by atoms with E-state index < -0.39 is 0 Å². The summed E-state index contributed by atoms with van der Waals surface area (Å²) in [7, 11) is 4.15. The average Bonchev–Trinajstić information content (AvgIpc) is 1.70. The van der Waals surface area contributed by atoms with Gasteiger partial charge in [0.2, 0.25) is 6.41 Å². The lowest BCUT2D eigenvalue weighted by molar-refractivity contribution is -0.105. The van der Waals surface area contributed by atoms with Gasteiger partial charge < -0.3 is 39.0 Å². The number of rotatable bonds is 12. The molecule has 0 bridgehead atoms. The number of fused-ring (bicyclic) bond motifs is 2. The highest BCUT2D eigenvalue weighted by atomic mass is 32.1. The lowest BCUT2D eigenvalue weighted by Gasteiger charge is -2.27. The minimum absolute atomic E-state index is 0.223. The fourth-order valence-electron chi connectivity index (χ4n) is 13.5. The number of halogens is 1. The summed E-state index contributed by atoms with van der Waals surface area (Å²) in [5.41, 5.74) is 30.2. The number of thiophene rings is 1. The number of nitrogens with zero attached hydrogens (tertiary/aromatic N) is 7. The summed E-state index contributed by atoms with van der Waals surface area (Å²) in [6.07, 6.45) is 36.2. The Morgan fingerprint density at radius 1 is 0.351 bits per heavy atom. The molecule has 9 aromatic carbocycles. The van der Waals surface area contributed by atoms with Crippen molar-refractivity contribution in [3.63, 3.8) is 0 Å². The molecule has 0 unspecified atom stereocenters. The van der Waals surface area contributed by atoms with Crippen LogP contribution >= 0.6 is 11.3 Å². The van der Waals surface area contributed by atoms with Crippen molar-refractivity contribution in [3.8, 4) is 0 Å². The molecular formula is C100H89FN8OS. The lowest BCUT2D eigenvalue weighted by atomic mass is 10.0. The van der Waals surface area contributed by atoms with E-state index in [4.69, 9.17) is 0 Å². The number of hydrogen-bond donors (Lipinski definition) is 1. The van der Waals surface area contributed by atoms with E-state index >= 15 is 0 Å². The van der Waals surface area contributed by atoms with Crippen LogP contribution in [0.3, 0.4) is 0 Å². The molecule has 5 aliphatic heterocycles. The van der Waals surface area contributed by atoms with Crippen LogP contribution < -0.4 is 29.8 Å². The predicted octanol–water partition coefficient (Wildman–Crippen LogP) is 25.4. The van der Waals surface area contributed by atoms with Crippen molar-refractivity contribution >= 4 is 102 Å². The molecule has 12 aromatic rings. The van der Waals surface area contributed by atoms with Crippen LogP contribution in [0.15, 0.2) is 401 Å². The van der Waals surface area contributed by atoms with Gasteiger partial charge >= 0.3 is 0 Å². The first-order chi connectivity index (χ1) is 53.8. The van der Waals surface area contributed by atoms with E-state index in [1.54, 1.807) is 23.5 Å². The van der Waals surface area contributed by atoms with Crippen LogP contribution in [0, 0.1) is 40.4 Å². The Bertz CT molecular complexity index is 5880. The maximum Gasteiger partial charge on any atom is 0.211 e. The van der Waals surface area contributed by atoms with Gasteiger partial charge in [0.05, 0.1) is 0 Å². The largest absolute Gasteiger partial charge is 0.351 e. The zero-order valence-electron chi connectivity index (χ0n) is 63.8.